The van der Waals surface area contributed by atoms with Crippen molar-refractivity contribution in [3.63, 3.8) is 0 Å². The molecule has 10 heteroatoms. The van der Waals surface area contributed by atoms with E-state index in [4.69, 9.17) is 16.3 Å². The average molecular weight is 572 g/mol. The number of rotatable bonds is 14. The van der Waals surface area contributed by atoms with Gasteiger partial charge in [0.15, 0.2) is 0 Å². The van der Waals surface area contributed by atoms with Crippen LogP contribution in [-0.2, 0) is 37.3 Å². The minimum absolute atomic E-state index is 0.127. The molecule has 0 aromatic heterocycles. The Balaban J connectivity index is 1.87. The Morgan fingerprint density at radius 3 is 2.21 bits per heavy atom. The van der Waals surface area contributed by atoms with E-state index in [1.54, 1.807) is 43.2 Å². The molecule has 0 saturated carbocycles. The molecule has 0 fully saturated rings. The van der Waals surface area contributed by atoms with Gasteiger partial charge < -0.3 is 15.0 Å². The highest BCUT2D eigenvalue weighted by atomic mass is 35.5. The second-order valence-corrected chi connectivity index (χ2v) is 11.1. The van der Waals surface area contributed by atoms with Gasteiger partial charge in [0, 0.05) is 38.2 Å². The molecule has 0 aliphatic carbocycles. The van der Waals surface area contributed by atoms with E-state index < -0.39 is 16.1 Å². The van der Waals surface area contributed by atoms with Crippen LogP contribution in [0, 0.1) is 0 Å². The van der Waals surface area contributed by atoms with E-state index >= 15 is 0 Å². The number of carbonyl (C=O) groups is 2. The van der Waals surface area contributed by atoms with E-state index in [-0.39, 0.29) is 29.7 Å². The number of methoxy groups -OCH3 is 1. The molecule has 0 aliphatic rings. The summed E-state index contributed by atoms with van der Waals surface area (Å²) >= 11 is 6.07. The number of aryl methyl sites for hydroxylation is 1. The molecule has 0 unspecified atom stereocenters. The molecule has 1 atom stereocenters. The van der Waals surface area contributed by atoms with Gasteiger partial charge in [-0.15, -0.1) is 0 Å². The molecule has 0 spiro atoms. The zero-order valence-electron chi connectivity index (χ0n) is 22.1. The second kappa shape index (κ2) is 14.8. The first-order valence-electron chi connectivity index (χ1n) is 12.7. The lowest BCUT2D eigenvalue weighted by Crippen LogP contribution is -2.44. The SMILES string of the molecule is CCNS(=O)(=O)c1ccc(CCC(=O)N(Cc2ccc(Cl)cc2)[C@@H](C(=O)NCCOC)c2ccccc2)cc1. The van der Waals surface area contributed by atoms with E-state index in [0.29, 0.717) is 36.7 Å². The molecule has 3 aromatic carbocycles. The molecule has 3 rings (SSSR count). The summed E-state index contributed by atoms with van der Waals surface area (Å²) in [5, 5.41) is 3.45. The highest BCUT2D eigenvalue weighted by Gasteiger charge is 2.31. The summed E-state index contributed by atoms with van der Waals surface area (Å²) in [5.74, 6) is -0.524. The number of nitrogens with zero attached hydrogens (tertiary/aromatic N) is 1. The fourth-order valence-electron chi connectivity index (χ4n) is 4.09. The van der Waals surface area contributed by atoms with Crippen molar-refractivity contribution in [2.24, 2.45) is 0 Å². The standard InChI is InChI=1S/C29H34ClN3O5S/c1-3-32-39(36,37)26-16-11-22(12-17-26)13-18-27(34)33(21-23-9-14-25(30)15-10-23)28(24-7-5-4-6-8-24)29(35)31-19-20-38-2/h4-12,14-17,28,32H,3,13,18-21H2,1-2H3,(H,31,35)/t28-/m1/s1. The highest BCUT2D eigenvalue weighted by molar-refractivity contribution is 7.89. The van der Waals surface area contributed by atoms with Crippen molar-refractivity contribution in [1.29, 1.82) is 0 Å². The van der Waals surface area contributed by atoms with Crippen LogP contribution in [-0.4, -0.2) is 51.9 Å². The molecule has 0 heterocycles. The molecular weight excluding hydrogens is 538 g/mol. The number of nitrogens with one attached hydrogen (secondary N) is 2. The van der Waals surface area contributed by atoms with Crippen molar-refractivity contribution in [3.8, 4) is 0 Å². The summed E-state index contributed by atoms with van der Waals surface area (Å²) in [6, 6.07) is 21.9. The topological polar surface area (TPSA) is 105 Å². The largest absolute Gasteiger partial charge is 0.383 e. The van der Waals surface area contributed by atoms with Gasteiger partial charge >= 0.3 is 0 Å². The quantitative estimate of drug-likeness (QED) is 0.283. The van der Waals surface area contributed by atoms with E-state index in [2.05, 4.69) is 10.0 Å². The van der Waals surface area contributed by atoms with Crippen molar-refractivity contribution in [3.05, 3.63) is 101 Å². The lowest BCUT2D eigenvalue weighted by molar-refractivity contribution is -0.141. The van der Waals surface area contributed by atoms with Crippen molar-refractivity contribution >= 4 is 33.4 Å². The first kappa shape index (κ1) is 30.3. The summed E-state index contributed by atoms with van der Waals surface area (Å²) in [5.41, 5.74) is 2.33. The summed E-state index contributed by atoms with van der Waals surface area (Å²) < 4.78 is 32.0. The van der Waals surface area contributed by atoms with Crippen LogP contribution < -0.4 is 10.0 Å². The van der Waals surface area contributed by atoms with Crippen molar-refractivity contribution in [2.45, 2.75) is 37.2 Å². The van der Waals surface area contributed by atoms with Crippen LogP contribution >= 0.6 is 11.6 Å². The van der Waals surface area contributed by atoms with Gasteiger partial charge in [-0.25, -0.2) is 13.1 Å². The first-order chi connectivity index (χ1) is 18.7. The van der Waals surface area contributed by atoms with Gasteiger partial charge in [-0.1, -0.05) is 73.1 Å². The van der Waals surface area contributed by atoms with E-state index in [1.807, 2.05) is 42.5 Å². The third kappa shape index (κ3) is 8.90. The van der Waals surface area contributed by atoms with E-state index in [0.717, 1.165) is 11.1 Å². The molecule has 8 nitrogen and oxygen atoms in total. The molecule has 3 aromatic rings. The Labute approximate surface area is 235 Å². The maximum atomic E-state index is 13.7. The number of hydrogen-bond acceptors (Lipinski definition) is 5. The lowest BCUT2D eigenvalue weighted by atomic mass is 10.0. The number of amides is 2. The van der Waals surface area contributed by atoms with Crippen molar-refractivity contribution in [2.75, 3.05) is 26.8 Å². The number of halogens is 1. The van der Waals surface area contributed by atoms with Gasteiger partial charge in [0.05, 0.1) is 11.5 Å². The number of ether oxygens (including phenoxy) is 1. The van der Waals surface area contributed by atoms with Gasteiger partial charge in [-0.05, 0) is 47.4 Å². The molecule has 2 N–H and O–H groups in total. The van der Waals surface area contributed by atoms with Gasteiger partial charge in [-0.2, -0.15) is 0 Å². The maximum Gasteiger partial charge on any atom is 0.247 e. The molecule has 2 amide bonds. The Morgan fingerprint density at radius 1 is 0.949 bits per heavy atom. The molecule has 0 bridgehead atoms. The zero-order chi connectivity index (χ0) is 28.3. The number of carbonyl (C=O) groups excluding carboxylic acids is 2. The minimum Gasteiger partial charge on any atom is -0.383 e. The van der Waals surface area contributed by atoms with Gasteiger partial charge in [-0.3, -0.25) is 9.59 Å². The molecule has 0 saturated heterocycles. The minimum atomic E-state index is -3.56. The van der Waals surface area contributed by atoms with Crippen LogP contribution in [0.5, 0.6) is 0 Å². The zero-order valence-corrected chi connectivity index (χ0v) is 23.7. The lowest BCUT2D eigenvalue weighted by Gasteiger charge is -2.32. The number of hydrogen-bond donors (Lipinski definition) is 2. The van der Waals surface area contributed by atoms with Gasteiger partial charge in [0.1, 0.15) is 6.04 Å². The molecule has 0 radical (unpaired) electrons. The smallest absolute Gasteiger partial charge is 0.247 e. The Kier molecular flexibility index (Phi) is 11.5. The highest BCUT2D eigenvalue weighted by Crippen LogP contribution is 2.26. The predicted molar refractivity (Wildman–Crippen MR) is 152 cm³/mol. The normalized spacial score (nSPS) is 12.1. The third-order valence-corrected chi connectivity index (χ3v) is 7.88. The third-order valence-electron chi connectivity index (χ3n) is 6.06. The van der Waals surface area contributed by atoms with Crippen LogP contribution in [0.2, 0.25) is 5.02 Å². The summed E-state index contributed by atoms with van der Waals surface area (Å²) in [4.78, 5) is 28.9. The van der Waals surface area contributed by atoms with Crippen LogP contribution in [0.4, 0.5) is 0 Å². The van der Waals surface area contributed by atoms with Gasteiger partial charge in [0.25, 0.3) is 0 Å². The Hall–Kier alpha value is -3.24. The second-order valence-electron chi connectivity index (χ2n) is 8.89. The number of benzene rings is 3. The monoisotopic (exact) mass is 571 g/mol. The van der Waals surface area contributed by atoms with E-state index in [9.17, 15) is 18.0 Å². The van der Waals surface area contributed by atoms with E-state index in [1.165, 1.54) is 12.1 Å². The summed E-state index contributed by atoms with van der Waals surface area (Å²) in [6.07, 6.45) is 0.506. The Bertz CT molecular complexity index is 1320. The average Bonchev–Trinajstić information content (AvgIpc) is 2.93. The first-order valence-corrected chi connectivity index (χ1v) is 14.6. The fourth-order valence-corrected chi connectivity index (χ4v) is 5.26. The van der Waals surface area contributed by atoms with Crippen LogP contribution in [0.15, 0.2) is 83.8 Å². The van der Waals surface area contributed by atoms with Crippen LogP contribution in [0.1, 0.15) is 36.1 Å². The van der Waals surface area contributed by atoms with Crippen LogP contribution in [0.25, 0.3) is 0 Å². The summed E-state index contributed by atoms with van der Waals surface area (Å²) in [6.45, 7) is 2.87. The van der Waals surface area contributed by atoms with Crippen LogP contribution in [0.3, 0.4) is 0 Å². The molecule has 0 aliphatic heterocycles. The predicted octanol–water partition coefficient (Wildman–Crippen LogP) is 4.10. The van der Waals surface area contributed by atoms with Crippen molar-refractivity contribution in [1.82, 2.24) is 14.9 Å². The maximum absolute atomic E-state index is 13.7. The molecule has 39 heavy (non-hydrogen) atoms. The molecule has 208 valence electrons. The Morgan fingerprint density at radius 2 is 1.59 bits per heavy atom. The summed E-state index contributed by atoms with van der Waals surface area (Å²) in [7, 11) is -2.00. The van der Waals surface area contributed by atoms with Crippen molar-refractivity contribution < 1.29 is 22.7 Å². The molecular formula is C29H34ClN3O5S. The van der Waals surface area contributed by atoms with Gasteiger partial charge in [0.2, 0.25) is 21.8 Å². The number of sulfonamides is 1. The fraction of sp³-hybridized carbons (Fsp3) is 0.310.